The first-order valence-electron chi connectivity index (χ1n) is 15.2. The first-order chi connectivity index (χ1) is 19.9. The molecule has 11 heteroatoms. The number of rotatable bonds is 18. The molecule has 236 valence electrons. The van der Waals surface area contributed by atoms with E-state index in [1.807, 2.05) is 0 Å². The predicted octanol–water partition coefficient (Wildman–Crippen LogP) is 5.21. The van der Waals surface area contributed by atoms with Crippen molar-refractivity contribution in [1.82, 2.24) is 16.4 Å². The number of halogens is 1. The summed E-state index contributed by atoms with van der Waals surface area (Å²) < 4.78 is 10.6. The van der Waals surface area contributed by atoms with Gasteiger partial charge in [-0.3, -0.25) is 9.59 Å². The van der Waals surface area contributed by atoms with Crippen molar-refractivity contribution < 1.29 is 28.7 Å². The Morgan fingerprint density at radius 2 is 1.62 bits per heavy atom. The Morgan fingerprint density at radius 1 is 1.00 bits per heavy atom. The van der Waals surface area contributed by atoms with Crippen molar-refractivity contribution in [2.24, 2.45) is 5.41 Å². The fourth-order valence-corrected chi connectivity index (χ4v) is 5.11. The summed E-state index contributed by atoms with van der Waals surface area (Å²) in [7, 11) is 0. The second-order valence-electron chi connectivity index (χ2n) is 11.9. The van der Waals surface area contributed by atoms with Crippen molar-refractivity contribution in [1.29, 1.82) is 0 Å². The lowest BCUT2D eigenvalue weighted by Gasteiger charge is -2.34. The number of hydrogen-bond acceptors (Lipinski definition) is 9. The van der Waals surface area contributed by atoms with Gasteiger partial charge in [0.2, 0.25) is 0 Å². The van der Waals surface area contributed by atoms with Crippen LogP contribution in [0.5, 0.6) is 0 Å². The Bertz CT molecular complexity index is 1040. The SMILES string of the molecule is CCCCCCCCCCCCOC(=O)C(C)OC(=O)c1cccc(NC(=O)C(Cl)(C(=O)C(C)(C)C)C2CNNN2)c1. The minimum Gasteiger partial charge on any atom is -0.463 e. The molecule has 4 N–H and O–H groups in total. The highest BCUT2D eigenvalue weighted by Crippen LogP contribution is 2.33. The molecule has 0 spiro atoms. The monoisotopic (exact) mass is 608 g/mol. The molecule has 0 bridgehead atoms. The van der Waals surface area contributed by atoms with Gasteiger partial charge in [0.1, 0.15) is 0 Å². The number of hydrogen-bond donors (Lipinski definition) is 4. The third kappa shape index (κ3) is 10.9. The number of unbranched alkanes of at least 4 members (excludes halogenated alkanes) is 9. The molecule has 1 aliphatic heterocycles. The summed E-state index contributed by atoms with van der Waals surface area (Å²) in [6, 6.07) is 5.29. The predicted molar refractivity (Wildman–Crippen MR) is 164 cm³/mol. The van der Waals surface area contributed by atoms with E-state index in [1.165, 1.54) is 64.0 Å². The molecule has 0 aliphatic carbocycles. The number of hydrazine groups is 2. The summed E-state index contributed by atoms with van der Waals surface area (Å²) in [5.74, 6) is -2.55. The molecule has 3 unspecified atom stereocenters. The highest BCUT2D eigenvalue weighted by molar-refractivity contribution is 6.49. The summed E-state index contributed by atoms with van der Waals surface area (Å²) in [6.45, 7) is 9.27. The van der Waals surface area contributed by atoms with Crippen LogP contribution in [0.2, 0.25) is 0 Å². The van der Waals surface area contributed by atoms with Gasteiger partial charge in [0, 0.05) is 17.6 Å². The Balaban J connectivity index is 1.84. The highest BCUT2D eigenvalue weighted by atomic mass is 35.5. The van der Waals surface area contributed by atoms with Crippen LogP contribution in [0, 0.1) is 5.41 Å². The quantitative estimate of drug-likeness (QED) is 0.0766. The molecule has 10 nitrogen and oxygen atoms in total. The maximum Gasteiger partial charge on any atom is 0.347 e. The lowest BCUT2D eigenvalue weighted by Crippen LogP contribution is -2.61. The van der Waals surface area contributed by atoms with Crippen LogP contribution >= 0.6 is 11.6 Å². The van der Waals surface area contributed by atoms with Crippen LogP contribution in [0.25, 0.3) is 0 Å². The number of amides is 1. The van der Waals surface area contributed by atoms with E-state index in [0.717, 1.165) is 19.3 Å². The zero-order valence-corrected chi connectivity index (χ0v) is 26.5. The summed E-state index contributed by atoms with van der Waals surface area (Å²) in [5, 5.41) is 2.66. The smallest absolute Gasteiger partial charge is 0.347 e. The standard InChI is InChI=1S/C31H49ClN4O6/c1-6-7-8-9-10-11-12-13-14-15-19-41-26(37)22(2)42-27(38)23-17-16-18-24(20-23)34-29(40)31(32,25-21-33-36-35-25)28(39)30(3,4)5/h16-18,20,22,25,33,35-36H,6-15,19,21H2,1-5H3,(H,34,40). The fourth-order valence-electron chi connectivity index (χ4n) is 4.65. The minimum atomic E-state index is -1.93. The van der Waals surface area contributed by atoms with Crippen molar-refractivity contribution in [3.63, 3.8) is 0 Å². The van der Waals surface area contributed by atoms with Crippen LogP contribution in [-0.4, -0.2) is 53.8 Å². The lowest BCUT2D eigenvalue weighted by atomic mass is 9.78. The van der Waals surface area contributed by atoms with Crippen molar-refractivity contribution in [3.05, 3.63) is 29.8 Å². The molecular formula is C31H49ClN4O6. The number of anilines is 1. The Kier molecular flexibility index (Phi) is 14.9. The van der Waals surface area contributed by atoms with E-state index in [9.17, 15) is 19.2 Å². The van der Waals surface area contributed by atoms with E-state index in [1.54, 1.807) is 32.9 Å². The Labute approximate surface area is 255 Å². The summed E-state index contributed by atoms with van der Waals surface area (Å²) >= 11 is 6.74. The second-order valence-corrected chi connectivity index (χ2v) is 12.5. The van der Waals surface area contributed by atoms with E-state index >= 15 is 0 Å². The maximum atomic E-state index is 13.4. The van der Waals surface area contributed by atoms with Gasteiger partial charge in [0.25, 0.3) is 5.91 Å². The first-order valence-corrected chi connectivity index (χ1v) is 15.5. The maximum absolute atomic E-state index is 13.4. The van der Waals surface area contributed by atoms with Crippen LogP contribution in [0.1, 0.15) is 109 Å². The average molecular weight is 609 g/mol. The molecule has 1 amide bonds. The average Bonchev–Trinajstić information content (AvgIpc) is 3.50. The second kappa shape index (κ2) is 17.6. The van der Waals surface area contributed by atoms with E-state index in [4.69, 9.17) is 21.1 Å². The molecule has 1 heterocycles. The van der Waals surface area contributed by atoms with Gasteiger partial charge in [-0.2, -0.15) is 5.53 Å². The largest absolute Gasteiger partial charge is 0.463 e. The van der Waals surface area contributed by atoms with E-state index in [2.05, 4.69) is 28.6 Å². The molecule has 3 atom stereocenters. The molecule has 1 aromatic rings. The van der Waals surface area contributed by atoms with Gasteiger partial charge in [0.15, 0.2) is 16.8 Å². The molecule has 2 rings (SSSR count). The van der Waals surface area contributed by atoms with Crippen LogP contribution in [0.15, 0.2) is 24.3 Å². The molecule has 0 radical (unpaired) electrons. The third-order valence-corrected chi connectivity index (χ3v) is 7.78. The molecular weight excluding hydrogens is 560 g/mol. The molecule has 1 fully saturated rings. The summed E-state index contributed by atoms with van der Waals surface area (Å²) in [6.07, 6.45) is 10.7. The van der Waals surface area contributed by atoms with Gasteiger partial charge < -0.3 is 14.8 Å². The van der Waals surface area contributed by atoms with E-state index < -0.39 is 46.1 Å². The first kappa shape index (κ1) is 35.7. The molecule has 1 aromatic carbocycles. The number of alkyl halides is 1. The van der Waals surface area contributed by atoms with Crippen LogP contribution in [0.3, 0.4) is 0 Å². The van der Waals surface area contributed by atoms with Gasteiger partial charge in [-0.25, -0.2) is 20.4 Å². The number of carbonyl (C=O) groups excluding carboxylic acids is 4. The van der Waals surface area contributed by atoms with Gasteiger partial charge in [-0.1, -0.05) is 103 Å². The number of carbonyl (C=O) groups is 4. The number of ketones is 1. The number of benzene rings is 1. The molecule has 1 saturated heterocycles. The number of nitrogens with one attached hydrogen (secondary N) is 4. The lowest BCUT2D eigenvalue weighted by molar-refractivity contribution is -0.153. The molecule has 1 aliphatic rings. The molecule has 0 saturated carbocycles. The zero-order chi connectivity index (χ0) is 31.2. The Morgan fingerprint density at radius 3 is 2.19 bits per heavy atom. The van der Waals surface area contributed by atoms with Gasteiger partial charge in [0.05, 0.1) is 18.2 Å². The van der Waals surface area contributed by atoms with Crippen molar-refractivity contribution in [2.45, 2.75) is 116 Å². The van der Waals surface area contributed by atoms with Crippen LogP contribution < -0.4 is 21.7 Å². The Hall–Kier alpha value is -2.53. The fraction of sp³-hybridized carbons (Fsp3) is 0.677. The van der Waals surface area contributed by atoms with Gasteiger partial charge >= 0.3 is 11.9 Å². The van der Waals surface area contributed by atoms with E-state index in [-0.39, 0.29) is 24.4 Å². The molecule has 42 heavy (non-hydrogen) atoms. The summed E-state index contributed by atoms with van der Waals surface area (Å²) in [4.78, 5) is 49.8. The van der Waals surface area contributed by atoms with Crippen molar-refractivity contribution in [3.8, 4) is 0 Å². The van der Waals surface area contributed by atoms with Crippen molar-refractivity contribution in [2.75, 3.05) is 18.5 Å². The third-order valence-electron chi connectivity index (χ3n) is 7.18. The van der Waals surface area contributed by atoms with Crippen LogP contribution in [0.4, 0.5) is 5.69 Å². The van der Waals surface area contributed by atoms with E-state index in [0.29, 0.717) is 0 Å². The van der Waals surface area contributed by atoms with Crippen LogP contribution in [-0.2, 0) is 23.9 Å². The number of esters is 2. The highest BCUT2D eigenvalue weighted by Gasteiger charge is 2.55. The number of ether oxygens (including phenoxy) is 2. The van der Waals surface area contributed by atoms with Crippen molar-refractivity contribution >= 4 is 40.9 Å². The zero-order valence-electron chi connectivity index (χ0n) is 25.8. The van der Waals surface area contributed by atoms with Gasteiger partial charge in [-0.05, 0) is 31.5 Å². The normalized spacial score (nSPS) is 17.2. The molecule has 0 aromatic heterocycles. The van der Waals surface area contributed by atoms with Gasteiger partial charge in [-0.15, -0.1) is 0 Å². The minimum absolute atomic E-state index is 0.117. The topological polar surface area (TPSA) is 135 Å². The number of Topliss-reactive ketones (excluding diaryl/α,β-unsaturated/α-hetero) is 1. The summed E-state index contributed by atoms with van der Waals surface area (Å²) in [5.41, 5.74) is 7.77.